The van der Waals surface area contributed by atoms with Crippen LogP contribution >= 0.6 is 11.8 Å². The van der Waals surface area contributed by atoms with Crippen LogP contribution in [0.4, 0.5) is 4.39 Å². The van der Waals surface area contributed by atoms with Gasteiger partial charge in [-0.3, -0.25) is 0 Å². The van der Waals surface area contributed by atoms with Crippen molar-refractivity contribution < 1.29 is 9.13 Å². The molecule has 2 nitrogen and oxygen atoms in total. The van der Waals surface area contributed by atoms with Crippen molar-refractivity contribution >= 4 is 11.8 Å². The van der Waals surface area contributed by atoms with Gasteiger partial charge in [0.1, 0.15) is 11.6 Å². The monoisotopic (exact) mass is 255 g/mol. The van der Waals surface area contributed by atoms with Gasteiger partial charge in [0.05, 0.1) is 7.11 Å². The molecule has 2 atom stereocenters. The smallest absolute Gasteiger partial charge is 0.131 e. The van der Waals surface area contributed by atoms with Crippen molar-refractivity contribution in [1.82, 2.24) is 0 Å². The lowest BCUT2D eigenvalue weighted by molar-refractivity contribution is 0.408. The van der Waals surface area contributed by atoms with Crippen LogP contribution in [0.25, 0.3) is 0 Å². The van der Waals surface area contributed by atoms with Crippen LogP contribution in [-0.2, 0) is 5.75 Å². The molecule has 0 aliphatic carbocycles. The highest BCUT2D eigenvalue weighted by Crippen LogP contribution is 2.42. The maximum Gasteiger partial charge on any atom is 0.131 e. The molecule has 1 aliphatic rings. The summed E-state index contributed by atoms with van der Waals surface area (Å²) in [5, 5.41) is 0.342. The number of benzene rings is 1. The predicted molar refractivity (Wildman–Crippen MR) is 69.8 cm³/mol. The Kier molecular flexibility index (Phi) is 3.64. The highest BCUT2D eigenvalue weighted by atomic mass is 32.2. The van der Waals surface area contributed by atoms with Gasteiger partial charge in [-0.05, 0) is 17.5 Å². The van der Waals surface area contributed by atoms with Gasteiger partial charge in [0.25, 0.3) is 0 Å². The Balaban J connectivity index is 2.43. The highest BCUT2D eigenvalue weighted by molar-refractivity contribution is 7.99. The average molecular weight is 255 g/mol. The molecule has 0 aromatic heterocycles. The van der Waals surface area contributed by atoms with E-state index in [9.17, 15) is 4.39 Å². The molecule has 94 valence electrons. The zero-order valence-corrected chi connectivity index (χ0v) is 11.2. The SMILES string of the molecule is COc1cc(F)c2c(c1)C(N)C(C(C)C)SC2. The van der Waals surface area contributed by atoms with E-state index in [0.717, 1.165) is 11.1 Å². The second kappa shape index (κ2) is 4.86. The molecule has 2 rings (SSSR count). The first-order valence-electron chi connectivity index (χ1n) is 5.78. The van der Waals surface area contributed by atoms with E-state index < -0.39 is 0 Å². The van der Waals surface area contributed by atoms with E-state index >= 15 is 0 Å². The van der Waals surface area contributed by atoms with Gasteiger partial charge in [-0.1, -0.05) is 13.8 Å². The lowest BCUT2D eigenvalue weighted by Gasteiger charge is -2.33. The molecule has 0 saturated heterocycles. The van der Waals surface area contributed by atoms with Crippen LogP contribution in [0.1, 0.15) is 31.0 Å². The molecule has 2 unspecified atom stereocenters. The number of methoxy groups -OCH3 is 1. The van der Waals surface area contributed by atoms with E-state index in [1.807, 2.05) is 6.07 Å². The zero-order valence-electron chi connectivity index (χ0n) is 10.4. The topological polar surface area (TPSA) is 35.2 Å². The number of halogens is 1. The summed E-state index contributed by atoms with van der Waals surface area (Å²) in [5.74, 6) is 1.52. The Morgan fingerprint density at radius 3 is 2.76 bits per heavy atom. The summed E-state index contributed by atoms with van der Waals surface area (Å²) in [6, 6.07) is 3.19. The quantitative estimate of drug-likeness (QED) is 0.882. The number of nitrogens with two attached hydrogens (primary N) is 1. The molecule has 17 heavy (non-hydrogen) atoms. The molecule has 0 bridgehead atoms. The third-order valence-electron chi connectivity index (χ3n) is 3.23. The van der Waals surface area contributed by atoms with Crippen LogP contribution in [0.15, 0.2) is 12.1 Å². The summed E-state index contributed by atoms with van der Waals surface area (Å²) >= 11 is 1.74. The van der Waals surface area contributed by atoms with Gasteiger partial charge in [-0.25, -0.2) is 4.39 Å². The Morgan fingerprint density at radius 2 is 2.18 bits per heavy atom. The molecule has 0 saturated carbocycles. The first-order chi connectivity index (χ1) is 8.04. The minimum absolute atomic E-state index is 0.117. The van der Waals surface area contributed by atoms with Gasteiger partial charge in [0, 0.05) is 28.7 Å². The second-order valence-electron chi connectivity index (χ2n) is 4.72. The summed E-state index contributed by atoms with van der Waals surface area (Å²) in [6.45, 7) is 4.30. The Hall–Kier alpha value is -0.740. The van der Waals surface area contributed by atoms with Crippen LogP contribution < -0.4 is 10.5 Å². The molecular weight excluding hydrogens is 237 g/mol. The van der Waals surface area contributed by atoms with Gasteiger partial charge in [-0.15, -0.1) is 0 Å². The number of rotatable bonds is 2. The summed E-state index contributed by atoms with van der Waals surface area (Å²) < 4.78 is 19.0. The Bertz CT molecular complexity index is 422. The van der Waals surface area contributed by atoms with Gasteiger partial charge in [0.15, 0.2) is 0 Å². The van der Waals surface area contributed by atoms with E-state index in [2.05, 4.69) is 13.8 Å². The highest BCUT2D eigenvalue weighted by Gasteiger charge is 2.31. The van der Waals surface area contributed by atoms with Crippen LogP contribution in [0.5, 0.6) is 5.75 Å². The van der Waals surface area contributed by atoms with E-state index in [0.29, 0.717) is 22.7 Å². The fourth-order valence-corrected chi connectivity index (χ4v) is 3.67. The number of ether oxygens (including phenoxy) is 1. The van der Waals surface area contributed by atoms with Crippen LogP contribution in [-0.4, -0.2) is 12.4 Å². The Morgan fingerprint density at radius 1 is 1.47 bits per heavy atom. The molecule has 0 amide bonds. The predicted octanol–water partition coefficient (Wildman–Crippen LogP) is 3.11. The van der Waals surface area contributed by atoms with Crippen molar-refractivity contribution in [3.05, 3.63) is 29.1 Å². The molecule has 1 aromatic rings. The zero-order chi connectivity index (χ0) is 12.6. The van der Waals surface area contributed by atoms with E-state index in [4.69, 9.17) is 10.5 Å². The van der Waals surface area contributed by atoms with E-state index in [1.165, 1.54) is 6.07 Å². The van der Waals surface area contributed by atoms with Crippen LogP contribution in [0, 0.1) is 11.7 Å². The fraction of sp³-hybridized carbons (Fsp3) is 0.538. The maximum absolute atomic E-state index is 13.9. The molecule has 0 spiro atoms. The lowest BCUT2D eigenvalue weighted by atomic mass is 9.93. The lowest BCUT2D eigenvalue weighted by Crippen LogP contribution is -2.32. The third kappa shape index (κ3) is 2.29. The summed E-state index contributed by atoms with van der Waals surface area (Å²) in [4.78, 5) is 0. The van der Waals surface area contributed by atoms with Crippen molar-refractivity contribution in [2.75, 3.05) is 7.11 Å². The van der Waals surface area contributed by atoms with Gasteiger partial charge >= 0.3 is 0 Å². The molecule has 1 aromatic carbocycles. The first kappa shape index (κ1) is 12.7. The van der Waals surface area contributed by atoms with Crippen LogP contribution in [0.3, 0.4) is 0 Å². The number of hydrogen-bond donors (Lipinski definition) is 1. The largest absolute Gasteiger partial charge is 0.497 e. The third-order valence-corrected chi connectivity index (χ3v) is 4.91. The summed E-state index contributed by atoms with van der Waals surface area (Å²) in [6.07, 6.45) is 0. The normalized spacial score (nSPS) is 23.6. The molecule has 1 aliphatic heterocycles. The van der Waals surface area contributed by atoms with Crippen molar-refractivity contribution in [2.24, 2.45) is 11.7 Å². The number of thioether (sulfide) groups is 1. The summed E-state index contributed by atoms with van der Waals surface area (Å²) in [7, 11) is 1.55. The van der Waals surface area contributed by atoms with Crippen molar-refractivity contribution in [3.8, 4) is 5.75 Å². The van der Waals surface area contributed by atoms with Crippen molar-refractivity contribution in [2.45, 2.75) is 30.9 Å². The van der Waals surface area contributed by atoms with Crippen molar-refractivity contribution in [3.63, 3.8) is 0 Å². The molecule has 0 radical (unpaired) electrons. The minimum atomic E-state index is -0.204. The average Bonchev–Trinajstić information content (AvgIpc) is 2.29. The molecule has 0 fully saturated rings. The molecule has 2 N–H and O–H groups in total. The molecule has 1 heterocycles. The molecular formula is C13H18FNOS. The van der Waals surface area contributed by atoms with Gasteiger partial charge < -0.3 is 10.5 Å². The number of fused-ring (bicyclic) bond motifs is 1. The fourth-order valence-electron chi connectivity index (χ4n) is 2.27. The maximum atomic E-state index is 13.9. The van der Waals surface area contributed by atoms with E-state index in [1.54, 1.807) is 18.9 Å². The van der Waals surface area contributed by atoms with Crippen molar-refractivity contribution in [1.29, 1.82) is 0 Å². The number of hydrogen-bond acceptors (Lipinski definition) is 3. The standard InChI is InChI=1S/C13H18FNOS/c1-7(2)13-12(15)9-4-8(16-3)5-11(14)10(9)6-17-13/h4-5,7,12-13H,6,15H2,1-3H3. The Labute approximate surface area is 106 Å². The minimum Gasteiger partial charge on any atom is -0.497 e. The second-order valence-corrected chi connectivity index (χ2v) is 5.89. The van der Waals surface area contributed by atoms with E-state index in [-0.39, 0.29) is 11.9 Å². The molecule has 4 heteroatoms. The van der Waals surface area contributed by atoms with Crippen LogP contribution in [0.2, 0.25) is 0 Å². The first-order valence-corrected chi connectivity index (χ1v) is 6.83. The van der Waals surface area contributed by atoms with Gasteiger partial charge in [0.2, 0.25) is 0 Å². The summed E-state index contributed by atoms with van der Waals surface area (Å²) in [5.41, 5.74) is 7.88. The van der Waals surface area contributed by atoms with Gasteiger partial charge in [-0.2, -0.15) is 11.8 Å².